The zero-order valence-electron chi connectivity index (χ0n) is 11.3. The molecule has 20 heavy (non-hydrogen) atoms. The fourth-order valence-corrected chi connectivity index (χ4v) is 2.80. The molecule has 0 bridgehead atoms. The smallest absolute Gasteiger partial charge is 0.283 e. The van der Waals surface area contributed by atoms with Gasteiger partial charge in [0.2, 0.25) is 0 Å². The molecular weight excluding hydrogens is 326 g/mol. The fraction of sp³-hybridized carbons (Fsp3) is 0.538. The number of likely N-dealkylation sites (N-methyl/N-ethyl adjacent to an activating group) is 1. The molecule has 1 N–H and O–H groups in total. The second-order valence-electron chi connectivity index (χ2n) is 4.90. The normalized spacial score (nSPS) is 19.2. The van der Waals surface area contributed by atoms with Crippen molar-refractivity contribution >= 4 is 21.6 Å². The maximum Gasteiger partial charge on any atom is 0.283 e. The van der Waals surface area contributed by atoms with Gasteiger partial charge in [0.15, 0.2) is 0 Å². The molecule has 1 unspecified atom stereocenters. The van der Waals surface area contributed by atoms with Crippen molar-refractivity contribution in [1.29, 1.82) is 0 Å². The zero-order valence-corrected chi connectivity index (χ0v) is 12.9. The van der Waals surface area contributed by atoms with Gasteiger partial charge in [-0.15, -0.1) is 0 Å². The number of nitrogens with one attached hydrogen (secondary N) is 1. The molecule has 0 radical (unpaired) electrons. The number of nitro benzene ring substituents is 1. The van der Waals surface area contributed by atoms with Crippen molar-refractivity contribution in [2.75, 3.05) is 33.3 Å². The quantitative estimate of drug-likeness (QED) is 0.651. The van der Waals surface area contributed by atoms with Gasteiger partial charge >= 0.3 is 0 Å². The Hall–Kier alpha value is -1.02. The average Bonchev–Trinajstić information content (AvgIpc) is 2.42. The van der Waals surface area contributed by atoms with E-state index in [4.69, 9.17) is 4.74 Å². The van der Waals surface area contributed by atoms with E-state index in [0.717, 1.165) is 31.8 Å². The molecule has 110 valence electrons. The van der Waals surface area contributed by atoms with Crippen molar-refractivity contribution in [3.63, 3.8) is 0 Å². The number of nitro groups is 1. The lowest BCUT2D eigenvalue weighted by molar-refractivity contribution is -0.385. The third kappa shape index (κ3) is 3.99. The van der Waals surface area contributed by atoms with Gasteiger partial charge in [-0.3, -0.25) is 15.0 Å². The van der Waals surface area contributed by atoms with Crippen LogP contribution in [0.25, 0.3) is 0 Å². The Labute approximate surface area is 126 Å². The minimum atomic E-state index is -0.373. The summed E-state index contributed by atoms with van der Waals surface area (Å²) in [5, 5.41) is 14.2. The molecule has 1 aromatic carbocycles. The summed E-state index contributed by atoms with van der Waals surface area (Å²) in [7, 11) is 1.99. The zero-order chi connectivity index (χ0) is 14.5. The highest BCUT2D eigenvalue weighted by molar-refractivity contribution is 9.10. The van der Waals surface area contributed by atoms with Gasteiger partial charge in [0.25, 0.3) is 5.69 Å². The number of ether oxygens (including phenoxy) is 1. The number of hydrogen-bond donors (Lipinski definition) is 1. The SMILES string of the molecule is CN(Cc1cccc([N+](=O)[O-])c1Br)CC1CNCCO1. The molecule has 6 nitrogen and oxygen atoms in total. The number of hydrogen-bond acceptors (Lipinski definition) is 5. The molecule has 1 aliphatic heterocycles. The van der Waals surface area contributed by atoms with Crippen LogP contribution in [0.4, 0.5) is 5.69 Å². The molecule has 0 amide bonds. The standard InChI is InChI=1S/C13H18BrN3O3/c1-16(9-11-7-15-5-6-20-11)8-10-3-2-4-12(13(10)14)17(18)19/h2-4,11,15H,5-9H2,1H3. The van der Waals surface area contributed by atoms with Gasteiger partial charge in [-0.25, -0.2) is 0 Å². The van der Waals surface area contributed by atoms with Crippen LogP contribution in [0.1, 0.15) is 5.56 Å². The highest BCUT2D eigenvalue weighted by atomic mass is 79.9. The molecule has 1 aromatic rings. The minimum absolute atomic E-state index is 0.103. The van der Waals surface area contributed by atoms with Gasteiger partial charge in [-0.1, -0.05) is 12.1 Å². The largest absolute Gasteiger partial charge is 0.374 e. The fourth-order valence-electron chi connectivity index (χ4n) is 2.27. The molecule has 1 atom stereocenters. The van der Waals surface area contributed by atoms with Gasteiger partial charge in [-0.2, -0.15) is 0 Å². The lowest BCUT2D eigenvalue weighted by Crippen LogP contribution is -2.44. The van der Waals surface area contributed by atoms with Crippen LogP contribution >= 0.6 is 15.9 Å². The van der Waals surface area contributed by atoms with Crippen LogP contribution in [0.2, 0.25) is 0 Å². The van der Waals surface area contributed by atoms with Gasteiger partial charge in [0.1, 0.15) is 0 Å². The van der Waals surface area contributed by atoms with Crippen molar-refractivity contribution in [1.82, 2.24) is 10.2 Å². The molecule has 1 fully saturated rings. The number of rotatable bonds is 5. The van der Waals surface area contributed by atoms with E-state index in [2.05, 4.69) is 26.1 Å². The number of benzene rings is 1. The van der Waals surface area contributed by atoms with Crippen LogP contribution < -0.4 is 5.32 Å². The molecule has 7 heteroatoms. The Balaban J connectivity index is 1.98. The van der Waals surface area contributed by atoms with Gasteiger partial charge in [0.05, 0.1) is 22.1 Å². The van der Waals surface area contributed by atoms with Crippen LogP contribution in [0.15, 0.2) is 22.7 Å². The van der Waals surface area contributed by atoms with Crippen LogP contribution in [0.5, 0.6) is 0 Å². The van der Waals surface area contributed by atoms with Crippen molar-refractivity contribution < 1.29 is 9.66 Å². The molecule has 0 spiro atoms. The Morgan fingerprint density at radius 3 is 3.05 bits per heavy atom. The maximum absolute atomic E-state index is 10.9. The molecular formula is C13H18BrN3O3. The average molecular weight is 344 g/mol. The lowest BCUT2D eigenvalue weighted by Gasteiger charge is -2.28. The number of nitrogens with zero attached hydrogens (tertiary/aromatic N) is 2. The third-order valence-electron chi connectivity index (χ3n) is 3.21. The summed E-state index contributed by atoms with van der Waals surface area (Å²) in [6.45, 7) is 3.92. The molecule has 0 aliphatic carbocycles. The summed E-state index contributed by atoms with van der Waals surface area (Å²) in [5.41, 5.74) is 1.01. The lowest BCUT2D eigenvalue weighted by atomic mass is 10.2. The molecule has 0 saturated carbocycles. The minimum Gasteiger partial charge on any atom is -0.374 e. The molecule has 0 aromatic heterocycles. The topological polar surface area (TPSA) is 67.6 Å². The van der Waals surface area contributed by atoms with Gasteiger partial charge < -0.3 is 10.1 Å². The summed E-state index contributed by atoms with van der Waals surface area (Å²) >= 11 is 3.32. The first-order valence-electron chi connectivity index (χ1n) is 6.50. The van der Waals surface area contributed by atoms with Crippen molar-refractivity contribution in [2.24, 2.45) is 0 Å². The first kappa shape index (κ1) is 15.4. The van der Waals surface area contributed by atoms with E-state index in [1.54, 1.807) is 6.07 Å². The van der Waals surface area contributed by atoms with Crippen molar-refractivity contribution in [2.45, 2.75) is 12.6 Å². The second kappa shape index (κ2) is 7.12. The summed E-state index contributed by atoms with van der Waals surface area (Å²) in [6, 6.07) is 5.11. The van der Waals surface area contributed by atoms with Gasteiger partial charge in [-0.05, 0) is 28.5 Å². The second-order valence-corrected chi connectivity index (χ2v) is 5.69. The Bertz CT molecular complexity index is 478. The highest BCUT2D eigenvalue weighted by Crippen LogP contribution is 2.28. The van der Waals surface area contributed by atoms with Crippen LogP contribution in [0, 0.1) is 10.1 Å². The van der Waals surface area contributed by atoms with E-state index in [-0.39, 0.29) is 16.7 Å². The molecule has 1 aliphatic rings. The van der Waals surface area contributed by atoms with Crippen LogP contribution in [-0.4, -0.2) is 49.2 Å². The van der Waals surface area contributed by atoms with Gasteiger partial charge in [0, 0.05) is 32.2 Å². The Kier molecular flexibility index (Phi) is 5.47. The van der Waals surface area contributed by atoms with E-state index in [1.165, 1.54) is 6.07 Å². The summed E-state index contributed by atoms with van der Waals surface area (Å²) < 4.78 is 6.21. The first-order chi connectivity index (χ1) is 9.58. The highest BCUT2D eigenvalue weighted by Gasteiger charge is 2.18. The Morgan fingerprint density at radius 2 is 2.40 bits per heavy atom. The summed E-state index contributed by atoms with van der Waals surface area (Å²) in [5.74, 6) is 0. The predicted octanol–water partition coefficient (Wildman–Crippen LogP) is 1.78. The van der Waals surface area contributed by atoms with E-state index in [1.807, 2.05) is 13.1 Å². The van der Waals surface area contributed by atoms with E-state index >= 15 is 0 Å². The third-order valence-corrected chi connectivity index (χ3v) is 4.13. The molecule has 1 heterocycles. The molecule has 1 saturated heterocycles. The van der Waals surface area contributed by atoms with E-state index in [9.17, 15) is 10.1 Å². The Morgan fingerprint density at radius 1 is 1.60 bits per heavy atom. The monoisotopic (exact) mass is 343 g/mol. The maximum atomic E-state index is 10.9. The van der Waals surface area contributed by atoms with Crippen LogP contribution in [0.3, 0.4) is 0 Å². The summed E-state index contributed by atoms with van der Waals surface area (Å²) in [4.78, 5) is 12.6. The van der Waals surface area contributed by atoms with Crippen molar-refractivity contribution in [3.8, 4) is 0 Å². The first-order valence-corrected chi connectivity index (χ1v) is 7.30. The van der Waals surface area contributed by atoms with Crippen molar-refractivity contribution in [3.05, 3.63) is 38.3 Å². The number of halogens is 1. The predicted molar refractivity (Wildman–Crippen MR) is 79.7 cm³/mol. The molecule has 2 rings (SSSR count). The van der Waals surface area contributed by atoms with Crippen LogP contribution in [-0.2, 0) is 11.3 Å². The number of morpholine rings is 1. The van der Waals surface area contributed by atoms with E-state index in [0.29, 0.717) is 11.0 Å². The van der Waals surface area contributed by atoms with E-state index < -0.39 is 0 Å². The summed E-state index contributed by atoms with van der Waals surface area (Å²) in [6.07, 6.45) is 0.172.